The van der Waals surface area contributed by atoms with Crippen LogP contribution in [0.5, 0.6) is 0 Å². The molecule has 1 aromatic rings. The van der Waals surface area contributed by atoms with Crippen molar-refractivity contribution in [2.75, 3.05) is 26.2 Å². The number of rotatable bonds is 6. The Bertz CT molecular complexity index is 526. The second-order valence-electron chi connectivity index (χ2n) is 6.57. The molecule has 7 nitrogen and oxygen atoms in total. The molecule has 0 bridgehead atoms. The Morgan fingerprint density at radius 1 is 1.33 bits per heavy atom. The number of piperazine rings is 1. The first-order chi connectivity index (χ1) is 10.9. The van der Waals surface area contributed by atoms with Crippen molar-refractivity contribution in [3.63, 3.8) is 0 Å². The van der Waals surface area contributed by atoms with E-state index >= 15 is 0 Å². The number of aromatic nitrogens is 2. The Morgan fingerprint density at radius 3 is 2.46 bits per heavy atom. The minimum atomic E-state index is -0.759. The van der Waals surface area contributed by atoms with Crippen molar-refractivity contribution in [3.8, 4) is 0 Å². The number of aryl methyl sites for hydroxylation is 1. The van der Waals surface area contributed by atoms with E-state index in [4.69, 9.17) is 10.3 Å². The Kier molecular flexibility index (Phi) is 7.63. The molecule has 2 N–H and O–H groups in total. The van der Waals surface area contributed by atoms with Crippen LogP contribution in [0.3, 0.4) is 0 Å². The predicted molar refractivity (Wildman–Crippen MR) is 95.0 cm³/mol. The van der Waals surface area contributed by atoms with Crippen molar-refractivity contribution >= 4 is 18.3 Å². The van der Waals surface area contributed by atoms with E-state index in [0.717, 1.165) is 31.8 Å². The summed E-state index contributed by atoms with van der Waals surface area (Å²) in [4.78, 5) is 21.1. The lowest BCUT2D eigenvalue weighted by atomic mass is 9.95. The number of halogens is 1. The van der Waals surface area contributed by atoms with Gasteiger partial charge in [-0.15, -0.1) is 12.4 Å². The maximum atomic E-state index is 12.5. The fraction of sp³-hybridized carbons (Fsp3) is 0.812. The Balaban J connectivity index is 0.00000288. The highest BCUT2D eigenvalue weighted by Gasteiger charge is 2.34. The number of carbonyl (C=O) groups excluding carboxylic acids is 1. The SMILES string of the molecule is CCCC(C)(N)C(=O)N1CCN(C(C)c2nc(CC)no2)CC1.Cl. The highest BCUT2D eigenvalue weighted by molar-refractivity contribution is 5.86. The van der Waals surface area contributed by atoms with Crippen molar-refractivity contribution in [2.45, 2.75) is 58.5 Å². The lowest BCUT2D eigenvalue weighted by Gasteiger charge is -2.39. The van der Waals surface area contributed by atoms with Gasteiger partial charge in [0.15, 0.2) is 5.82 Å². The quantitative estimate of drug-likeness (QED) is 0.832. The van der Waals surface area contributed by atoms with Gasteiger partial charge in [0.2, 0.25) is 11.8 Å². The molecule has 1 aliphatic rings. The molecule has 1 amide bonds. The molecular weight excluding hydrogens is 330 g/mol. The lowest BCUT2D eigenvalue weighted by molar-refractivity contribution is -0.138. The number of amides is 1. The van der Waals surface area contributed by atoms with Crippen molar-refractivity contribution in [2.24, 2.45) is 5.73 Å². The molecule has 138 valence electrons. The molecule has 1 aliphatic heterocycles. The zero-order valence-corrected chi connectivity index (χ0v) is 15.9. The molecule has 1 fully saturated rings. The van der Waals surface area contributed by atoms with Crippen LogP contribution in [0.15, 0.2) is 4.52 Å². The van der Waals surface area contributed by atoms with Crippen LogP contribution in [0.4, 0.5) is 0 Å². The minimum absolute atomic E-state index is 0. The molecule has 8 heteroatoms. The zero-order valence-electron chi connectivity index (χ0n) is 15.1. The smallest absolute Gasteiger partial charge is 0.243 e. The number of carbonyl (C=O) groups is 1. The molecule has 1 saturated heterocycles. The highest BCUT2D eigenvalue weighted by Crippen LogP contribution is 2.21. The summed E-state index contributed by atoms with van der Waals surface area (Å²) in [5.41, 5.74) is 5.41. The Labute approximate surface area is 150 Å². The summed E-state index contributed by atoms with van der Waals surface area (Å²) in [6, 6.07) is 0.0694. The maximum Gasteiger partial charge on any atom is 0.243 e. The normalized spacial score (nSPS) is 19.5. The third-order valence-electron chi connectivity index (χ3n) is 4.56. The van der Waals surface area contributed by atoms with Crippen LogP contribution in [0.1, 0.15) is 58.3 Å². The van der Waals surface area contributed by atoms with Gasteiger partial charge in [-0.2, -0.15) is 4.98 Å². The van der Waals surface area contributed by atoms with Crippen LogP contribution >= 0.6 is 12.4 Å². The second kappa shape index (κ2) is 8.78. The van der Waals surface area contributed by atoms with Gasteiger partial charge in [0, 0.05) is 32.6 Å². The van der Waals surface area contributed by atoms with Gasteiger partial charge in [0.1, 0.15) is 0 Å². The third kappa shape index (κ3) is 4.68. The summed E-state index contributed by atoms with van der Waals surface area (Å²) in [7, 11) is 0. The Hall–Kier alpha value is -1.18. The molecule has 24 heavy (non-hydrogen) atoms. The number of nitrogens with two attached hydrogens (primary N) is 1. The average Bonchev–Trinajstić information content (AvgIpc) is 3.02. The van der Waals surface area contributed by atoms with Crippen molar-refractivity contribution < 1.29 is 9.32 Å². The molecule has 0 aliphatic carbocycles. The molecule has 0 radical (unpaired) electrons. The van der Waals surface area contributed by atoms with Crippen LogP contribution < -0.4 is 5.73 Å². The van der Waals surface area contributed by atoms with Crippen LogP contribution in [-0.2, 0) is 11.2 Å². The van der Waals surface area contributed by atoms with Crippen molar-refractivity contribution in [1.82, 2.24) is 19.9 Å². The van der Waals surface area contributed by atoms with Crippen LogP contribution in [0.25, 0.3) is 0 Å². The van der Waals surface area contributed by atoms with Gasteiger partial charge >= 0.3 is 0 Å². The van der Waals surface area contributed by atoms with Gasteiger partial charge in [-0.05, 0) is 20.3 Å². The summed E-state index contributed by atoms with van der Waals surface area (Å²) in [6.07, 6.45) is 2.39. The molecule has 0 aromatic carbocycles. The fourth-order valence-electron chi connectivity index (χ4n) is 3.04. The van der Waals surface area contributed by atoms with Crippen LogP contribution in [0, 0.1) is 0 Å². The second-order valence-corrected chi connectivity index (χ2v) is 6.57. The van der Waals surface area contributed by atoms with Crippen LogP contribution in [0.2, 0.25) is 0 Å². The third-order valence-corrected chi connectivity index (χ3v) is 4.56. The van der Waals surface area contributed by atoms with Crippen molar-refractivity contribution in [3.05, 3.63) is 11.7 Å². The molecule has 0 spiro atoms. The fourth-order valence-corrected chi connectivity index (χ4v) is 3.04. The van der Waals surface area contributed by atoms with E-state index in [1.165, 1.54) is 0 Å². The maximum absolute atomic E-state index is 12.5. The van der Waals surface area contributed by atoms with Gasteiger partial charge in [-0.3, -0.25) is 9.69 Å². The summed E-state index contributed by atoms with van der Waals surface area (Å²) in [6.45, 7) is 10.9. The predicted octanol–water partition coefficient (Wildman–Crippen LogP) is 1.78. The molecule has 2 heterocycles. The van der Waals surface area contributed by atoms with E-state index in [0.29, 0.717) is 25.4 Å². The average molecular weight is 360 g/mol. The minimum Gasteiger partial charge on any atom is -0.339 e. The Morgan fingerprint density at radius 2 is 1.96 bits per heavy atom. The zero-order chi connectivity index (χ0) is 17.0. The first kappa shape index (κ1) is 20.9. The van der Waals surface area contributed by atoms with E-state index in [9.17, 15) is 4.79 Å². The van der Waals surface area contributed by atoms with Gasteiger partial charge < -0.3 is 15.2 Å². The molecule has 2 atom stereocenters. The van der Waals surface area contributed by atoms with Gasteiger partial charge in [0.05, 0.1) is 11.6 Å². The number of hydrogen-bond donors (Lipinski definition) is 1. The van der Waals surface area contributed by atoms with E-state index in [2.05, 4.69) is 22.0 Å². The first-order valence-corrected chi connectivity index (χ1v) is 8.53. The first-order valence-electron chi connectivity index (χ1n) is 8.53. The summed E-state index contributed by atoms with van der Waals surface area (Å²) in [5.74, 6) is 1.44. The standard InChI is InChI=1S/C16H29N5O2.ClH/c1-5-7-16(4,17)15(22)21-10-8-20(9-11-21)12(3)14-18-13(6-2)19-23-14;/h12H,5-11,17H2,1-4H3;1H. The van der Waals surface area contributed by atoms with E-state index < -0.39 is 5.54 Å². The summed E-state index contributed by atoms with van der Waals surface area (Å²) < 4.78 is 5.33. The van der Waals surface area contributed by atoms with Crippen molar-refractivity contribution in [1.29, 1.82) is 0 Å². The monoisotopic (exact) mass is 359 g/mol. The van der Waals surface area contributed by atoms with Crippen LogP contribution in [-0.4, -0.2) is 57.6 Å². The summed E-state index contributed by atoms with van der Waals surface area (Å²) in [5, 5.41) is 3.95. The molecular formula is C16H30ClN5O2. The number of nitrogens with zero attached hydrogens (tertiary/aromatic N) is 4. The largest absolute Gasteiger partial charge is 0.339 e. The summed E-state index contributed by atoms with van der Waals surface area (Å²) >= 11 is 0. The van der Waals surface area contributed by atoms with Gasteiger partial charge in [-0.1, -0.05) is 25.4 Å². The molecule has 1 aromatic heterocycles. The number of hydrogen-bond acceptors (Lipinski definition) is 6. The molecule has 0 saturated carbocycles. The molecule has 2 rings (SSSR count). The van der Waals surface area contributed by atoms with E-state index in [1.807, 2.05) is 25.7 Å². The van der Waals surface area contributed by atoms with E-state index in [-0.39, 0.29) is 24.4 Å². The lowest BCUT2D eigenvalue weighted by Crippen LogP contribution is -2.58. The van der Waals surface area contributed by atoms with Gasteiger partial charge in [-0.25, -0.2) is 0 Å². The highest BCUT2D eigenvalue weighted by atomic mass is 35.5. The molecule has 2 unspecified atom stereocenters. The van der Waals surface area contributed by atoms with E-state index in [1.54, 1.807) is 0 Å². The topological polar surface area (TPSA) is 88.5 Å². The van der Waals surface area contributed by atoms with Gasteiger partial charge in [0.25, 0.3) is 0 Å².